The topological polar surface area (TPSA) is 451 Å². The number of likely N-dealkylation sites (tertiary alicyclic amines) is 2. The number of carbonyl (C=O) groups excluding carboxylic acids is 14. The quantitative estimate of drug-likeness (QED) is 0.0125. The molecule has 8 aromatic carbocycles. The lowest BCUT2D eigenvalue weighted by atomic mass is 9.96. The van der Waals surface area contributed by atoms with E-state index in [0.29, 0.717) is 76.1 Å². The first-order valence-electron chi connectivity index (χ1n) is 46.2. The van der Waals surface area contributed by atoms with Crippen LogP contribution in [0.2, 0.25) is 20.1 Å². The second-order valence-corrected chi connectivity index (χ2v) is 36.2. The Morgan fingerprint density at radius 2 is 0.748 bits per heavy atom. The van der Waals surface area contributed by atoms with Crippen LogP contribution in [0.15, 0.2) is 206 Å². The number of amides is 11. The van der Waals surface area contributed by atoms with Gasteiger partial charge >= 0.3 is 23.9 Å². The first kappa shape index (κ1) is 108. The monoisotopic (exact) mass is 1980 g/mol. The predicted octanol–water partition coefficient (Wildman–Crippen LogP) is 11.4. The average molecular weight is 1990 g/mol. The number of carboxylic acids is 1. The highest BCUT2D eigenvalue weighted by molar-refractivity contribution is 6.36. The maximum Gasteiger partial charge on any atom is 0.328 e. The van der Waals surface area contributed by atoms with Gasteiger partial charge in [0.05, 0.1) is 6.42 Å². The summed E-state index contributed by atoms with van der Waals surface area (Å²) in [5.74, 6) is -13.3. The van der Waals surface area contributed by atoms with E-state index < -0.39 is 187 Å². The number of carboxylic acid groups (broad SMARTS) is 1. The van der Waals surface area contributed by atoms with Gasteiger partial charge in [0, 0.05) is 89.3 Å². The van der Waals surface area contributed by atoms with E-state index in [2.05, 4.69) is 42.5 Å². The number of ether oxygens (including phenoxy) is 5. The molecule has 0 radical (unpaired) electrons. The zero-order valence-corrected chi connectivity index (χ0v) is 80.6. The van der Waals surface area contributed by atoms with Crippen molar-refractivity contribution in [2.45, 2.75) is 230 Å². The van der Waals surface area contributed by atoms with E-state index in [9.17, 15) is 43.5 Å². The van der Waals surface area contributed by atoms with Gasteiger partial charge in [0.25, 0.3) is 0 Å². The number of carbonyl (C=O) groups is 15. The van der Waals surface area contributed by atoms with Crippen LogP contribution in [-0.2, 0) is 138 Å². The summed E-state index contributed by atoms with van der Waals surface area (Å²) in [6.45, 7) is 6.42. The molecule has 11 amide bonds. The number of primary amides is 1. The van der Waals surface area contributed by atoms with Crippen LogP contribution < -0.4 is 57.7 Å². The minimum Gasteiger partial charge on any atom is -0.489 e. The lowest BCUT2D eigenvalue weighted by molar-refractivity contribution is -0.150. The largest absolute Gasteiger partial charge is 0.489 e. The molecular weight excluding hydrogens is 1870 g/mol. The van der Waals surface area contributed by atoms with Gasteiger partial charge in [-0.1, -0.05) is 238 Å². The molecule has 36 heteroatoms. The number of nitrogens with one attached hydrogen (secondary N) is 8. The smallest absolute Gasteiger partial charge is 0.328 e. The van der Waals surface area contributed by atoms with Crippen molar-refractivity contribution in [2.24, 2.45) is 17.6 Å². The van der Waals surface area contributed by atoms with Crippen molar-refractivity contribution < 1.29 is 101 Å². The SMILES string of the molecule is CC[C@H](C)[C@H](NC(=O)[C@@H]1CCCN1C(=O)[C@H](CCC(=O)OCc1ccccc1)NC(=O)[C@H](Cc1ccccc1)NC(=O)CCC(=O)O)C(=O)N1CCC[C@H]1C(=O)N[C@@H](CCC(=O)OCc1ccccc1)C(=O)N[C@@H](Cc1ccc(OCc2c(Cl)cccc2Cl)cc1)C(=O)N[C@@H](Cc1ccc(OCc2c(Cl)cccc2Cl)cc1)C(=O)N[C@@H](CC(C)C)C(=O)N[C@@H](CCC(N)=O)C(=O)OCc1ccccc1. The normalized spacial score (nSPS) is 15.2. The van der Waals surface area contributed by atoms with Gasteiger partial charge in [-0.15, -0.1) is 0 Å². The Kier molecular flexibility index (Phi) is 42.3. The van der Waals surface area contributed by atoms with E-state index in [4.69, 9.17) is 75.8 Å². The molecular formula is C103H117Cl4N11O21. The molecule has 8 aromatic rings. The second kappa shape index (κ2) is 54.6. The number of rotatable bonds is 52. The molecule has 2 aliphatic rings. The zero-order valence-electron chi connectivity index (χ0n) is 77.6. The fourth-order valence-corrected chi connectivity index (χ4v) is 16.8. The number of nitrogens with two attached hydrogens (primary N) is 1. The summed E-state index contributed by atoms with van der Waals surface area (Å²) < 4.78 is 29.1. The summed E-state index contributed by atoms with van der Waals surface area (Å²) >= 11 is 26.0. The number of nitrogens with zero attached hydrogens (tertiary/aromatic N) is 2. The third-order valence-corrected chi connectivity index (χ3v) is 25.1. The summed E-state index contributed by atoms with van der Waals surface area (Å²) in [7, 11) is 0. The van der Waals surface area contributed by atoms with Crippen molar-refractivity contribution >= 4 is 135 Å². The standard InChI is InChI=1S/C103H117Cl4N11O21/c1-5-64(4)93(116-100(131)87-35-20-52-117(87)101(132)80(46-51-92(124)138-59-69-26-14-8-15-27-69)111-96(127)83(55-65-22-10-6-11-23-65)109-89(120)48-49-90(121)122)102(133)118-53-21-34-86(118)99(130)110-79(45-50-91(123)137-58-68-24-12-7-13-25-68)94(125)114-84(56-66-36-40-71(41-37-66)135-61-73-75(104)30-18-31-76(73)105)98(129)115-85(57-67-38-42-72(43-39-67)136-62-74-77(106)32-19-33-78(74)107)97(128)113-82(54-63(2)3)95(126)112-81(44-47-88(108)119)103(134)139-60-70-28-16-9-17-29-70/h6-19,22-33,36-43,63-64,79-87,93H,5,20-21,34-35,44-62H2,1-4H3,(H2,108,119)(H,109,120)(H,110,130)(H,111,127)(H,112,126)(H,113,128)(H,114,125)(H,115,129)(H,116,131)(H,121,122)/t64-,79-,80-,81-,82-,83-,84-,85-,86-,87-,93-/m0/s1. The van der Waals surface area contributed by atoms with E-state index in [1.54, 1.807) is 234 Å². The number of hydrogen-bond donors (Lipinski definition) is 10. The third kappa shape index (κ3) is 34.3. The summed E-state index contributed by atoms with van der Waals surface area (Å²) in [6, 6.07) is 42.9. The highest BCUT2D eigenvalue weighted by Crippen LogP contribution is 2.31. The van der Waals surface area contributed by atoms with Crippen LogP contribution in [0.3, 0.4) is 0 Å². The number of esters is 3. The fourth-order valence-electron chi connectivity index (χ4n) is 15.8. The van der Waals surface area contributed by atoms with Crippen molar-refractivity contribution in [3.05, 3.63) is 271 Å². The van der Waals surface area contributed by atoms with Crippen LogP contribution >= 0.6 is 46.4 Å². The molecule has 0 unspecified atom stereocenters. The van der Waals surface area contributed by atoms with Crippen molar-refractivity contribution in [1.82, 2.24) is 52.3 Å². The molecule has 2 fully saturated rings. The van der Waals surface area contributed by atoms with Crippen molar-refractivity contribution in [1.29, 1.82) is 0 Å². The molecule has 2 aliphatic heterocycles. The van der Waals surface area contributed by atoms with Gasteiger partial charge in [0.15, 0.2) is 0 Å². The highest BCUT2D eigenvalue weighted by Gasteiger charge is 2.45. The molecule has 10 rings (SSSR count). The molecule has 0 bridgehead atoms. The number of halogens is 4. The van der Waals surface area contributed by atoms with Gasteiger partial charge in [0.1, 0.15) is 105 Å². The van der Waals surface area contributed by atoms with E-state index in [1.807, 2.05) is 0 Å². The Labute approximate surface area is 826 Å². The number of aliphatic carboxylic acids is 1. The van der Waals surface area contributed by atoms with Crippen molar-refractivity contribution in [3.8, 4) is 11.5 Å². The maximum atomic E-state index is 15.9. The van der Waals surface area contributed by atoms with Crippen LogP contribution in [0.25, 0.3) is 0 Å². The van der Waals surface area contributed by atoms with Gasteiger partial charge in [-0.05, 0) is 145 Å². The van der Waals surface area contributed by atoms with Crippen LogP contribution in [0.5, 0.6) is 11.5 Å². The molecule has 11 atom stereocenters. The predicted molar refractivity (Wildman–Crippen MR) is 518 cm³/mol. The van der Waals surface area contributed by atoms with Gasteiger partial charge < -0.3 is 86.9 Å². The number of hydrogen-bond acceptors (Lipinski definition) is 20. The lowest BCUT2D eigenvalue weighted by Gasteiger charge is -2.34. The van der Waals surface area contributed by atoms with Crippen LogP contribution in [0.1, 0.15) is 162 Å². The summed E-state index contributed by atoms with van der Waals surface area (Å²) in [5.41, 5.74) is 9.92. The molecule has 738 valence electrons. The average Bonchev–Trinajstić information content (AvgIpc) is 1.67. The van der Waals surface area contributed by atoms with Gasteiger partial charge in [-0.2, -0.15) is 0 Å². The second-order valence-electron chi connectivity index (χ2n) is 34.6. The Hall–Kier alpha value is -13.4. The van der Waals surface area contributed by atoms with Crippen LogP contribution in [0, 0.1) is 11.8 Å². The molecule has 11 N–H and O–H groups in total. The molecule has 32 nitrogen and oxygen atoms in total. The van der Waals surface area contributed by atoms with Crippen LogP contribution in [0.4, 0.5) is 0 Å². The van der Waals surface area contributed by atoms with Gasteiger partial charge in [-0.25, -0.2) is 4.79 Å². The van der Waals surface area contributed by atoms with E-state index in [1.165, 1.54) is 9.80 Å². The van der Waals surface area contributed by atoms with Crippen LogP contribution in [-0.4, -0.2) is 177 Å². The summed E-state index contributed by atoms with van der Waals surface area (Å²) in [4.78, 5) is 219. The lowest BCUT2D eigenvalue weighted by Crippen LogP contribution is -2.61. The molecule has 0 saturated carbocycles. The minimum atomic E-state index is -1.72. The van der Waals surface area contributed by atoms with Crippen molar-refractivity contribution in [3.63, 3.8) is 0 Å². The molecule has 2 saturated heterocycles. The molecule has 139 heavy (non-hydrogen) atoms. The van der Waals surface area contributed by atoms with E-state index in [0.717, 1.165) is 0 Å². The maximum absolute atomic E-state index is 15.9. The molecule has 0 aromatic heterocycles. The highest BCUT2D eigenvalue weighted by atomic mass is 35.5. The van der Waals surface area contributed by atoms with E-state index in [-0.39, 0.29) is 129 Å². The minimum absolute atomic E-state index is 0.0197. The third-order valence-electron chi connectivity index (χ3n) is 23.7. The Morgan fingerprint density at radius 3 is 1.18 bits per heavy atom. The molecule has 0 spiro atoms. The Morgan fingerprint density at radius 1 is 0.381 bits per heavy atom. The first-order chi connectivity index (χ1) is 66.7. The molecule has 2 heterocycles. The Bertz CT molecular complexity index is 5500. The van der Waals surface area contributed by atoms with E-state index >= 15 is 33.6 Å². The van der Waals surface area contributed by atoms with Gasteiger partial charge in [-0.3, -0.25) is 67.1 Å². The summed E-state index contributed by atoms with van der Waals surface area (Å²) in [5, 5.41) is 32.9. The van der Waals surface area contributed by atoms with Gasteiger partial charge in [0.2, 0.25) is 65.0 Å². The van der Waals surface area contributed by atoms with Crippen molar-refractivity contribution in [2.75, 3.05) is 13.1 Å². The first-order valence-corrected chi connectivity index (χ1v) is 47.7. The number of benzene rings is 8. The Balaban J connectivity index is 0.937. The zero-order chi connectivity index (χ0) is 100. The summed E-state index contributed by atoms with van der Waals surface area (Å²) in [6.07, 6.45) is -3.30. The fraction of sp³-hybridized carbons (Fsp3) is 0.388. The molecule has 0 aliphatic carbocycles.